The van der Waals surface area contributed by atoms with Crippen molar-refractivity contribution in [2.24, 2.45) is 5.73 Å². The first kappa shape index (κ1) is 14.2. The molecule has 2 rings (SSSR count). The number of aromatic nitrogens is 1. The van der Waals surface area contributed by atoms with E-state index in [0.717, 1.165) is 21.2 Å². The Kier molecular flexibility index (Phi) is 4.69. The van der Waals surface area contributed by atoms with Crippen LogP contribution in [0.5, 0.6) is 0 Å². The standard InChI is InChI=1S/C15H17BrN2O/c1-10-12(5-2-6-14(10)16)15(19)13(8-17)11-4-3-7-18-9-11/h2-7,9,13,15,19H,8,17H2,1H3. The summed E-state index contributed by atoms with van der Waals surface area (Å²) in [7, 11) is 0. The largest absolute Gasteiger partial charge is 0.388 e. The van der Waals surface area contributed by atoms with Gasteiger partial charge in [0.05, 0.1) is 6.10 Å². The monoisotopic (exact) mass is 320 g/mol. The average Bonchev–Trinajstić information content (AvgIpc) is 2.44. The highest BCUT2D eigenvalue weighted by atomic mass is 79.9. The smallest absolute Gasteiger partial charge is 0.0874 e. The molecule has 2 aromatic rings. The van der Waals surface area contributed by atoms with E-state index in [1.807, 2.05) is 37.3 Å². The van der Waals surface area contributed by atoms with Gasteiger partial charge in [-0.25, -0.2) is 0 Å². The molecule has 0 saturated heterocycles. The van der Waals surface area contributed by atoms with Gasteiger partial charge in [-0.1, -0.05) is 34.1 Å². The van der Waals surface area contributed by atoms with Crippen LogP contribution in [0.2, 0.25) is 0 Å². The number of rotatable bonds is 4. The van der Waals surface area contributed by atoms with Crippen LogP contribution in [0.3, 0.4) is 0 Å². The third-order valence-corrected chi connectivity index (χ3v) is 4.23. The molecule has 0 aliphatic carbocycles. The van der Waals surface area contributed by atoms with Crippen molar-refractivity contribution < 1.29 is 5.11 Å². The number of hydrogen-bond donors (Lipinski definition) is 2. The van der Waals surface area contributed by atoms with Crippen molar-refractivity contribution >= 4 is 15.9 Å². The summed E-state index contributed by atoms with van der Waals surface area (Å²) >= 11 is 3.49. The van der Waals surface area contributed by atoms with Crippen LogP contribution in [-0.4, -0.2) is 16.6 Å². The molecule has 3 nitrogen and oxygen atoms in total. The second kappa shape index (κ2) is 6.28. The first-order valence-electron chi connectivity index (χ1n) is 6.18. The third kappa shape index (κ3) is 3.03. The number of aliphatic hydroxyl groups excluding tert-OH is 1. The van der Waals surface area contributed by atoms with Gasteiger partial charge in [0, 0.05) is 29.3 Å². The van der Waals surface area contributed by atoms with E-state index < -0.39 is 6.10 Å². The second-order valence-corrected chi connectivity index (χ2v) is 5.38. The molecule has 2 unspecified atom stereocenters. The number of nitrogens with zero attached hydrogens (tertiary/aromatic N) is 1. The molecule has 19 heavy (non-hydrogen) atoms. The lowest BCUT2D eigenvalue weighted by atomic mass is 9.88. The van der Waals surface area contributed by atoms with E-state index in [-0.39, 0.29) is 5.92 Å². The number of pyridine rings is 1. The Morgan fingerprint density at radius 2 is 2.11 bits per heavy atom. The minimum atomic E-state index is -0.633. The molecule has 1 heterocycles. The van der Waals surface area contributed by atoms with Crippen molar-refractivity contribution in [3.05, 3.63) is 63.9 Å². The van der Waals surface area contributed by atoms with Gasteiger partial charge < -0.3 is 10.8 Å². The highest BCUT2D eigenvalue weighted by Gasteiger charge is 2.23. The Balaban J connectivity index is 2.36. The predicted octanol–water partition coefficient (Wildman–Crippen LogP) is 2.93. The molecule has 1 aromatic heterocycles. The first-order valence-corrected chi connectivity index (χ1v) is 6.97. The van der Waals surface area contributed by atoms with Gasteiger partial charge in [-0.2, -0.15) is 0 Å². The lowest BCUT2D eigenvalue weighted by Gasteiger charge is -2.23. The second-order valence-electron chi connectivity index (χ2n) is 4.53. The number of benzene rings is 1. The zero-order valence-corrected chi connectivity index (χ0v) is 12.3. The van der Waals surface area contributed by atoms with Gasteiger partial charge in [0.25, 0.3) is 0 Å². The first-order chi connectivity index (χ1) is 9.15. The van der Waals surface area contributed by atoms with E-state index in [1.54, 1.807) is 12.4 Å². The molecule has 3 N–H and O–H groups in total. The normalized spacial score (nSPS) is 14.1. The van der Waals surface area contributed by atoms with Gasteiger partial charge in [0.15, 0.2) is 0 Å². The predicted molar refractivity (Wildman–Crippen MR) is 79.9 cm³/mol. The molecule has 0 fully saturated rings. The van der Waals surface area contributed by atoms with E-state index >= 15 is 0 Å². The van der Waals surface area contributed by atoms with Crippen molar-refractivity contribution in [3.63, 3.8) is 0 Å². The number of aliphatic hydroxyl groups is 1. The molecule has 100 valence electrons. The molecule has 0 aliphatic rings. The lowest BCUT2D eigenvalue weighted by Crippen LogP contribution is -2.21. The maximum atomic E-state index is 10.6. The van der Waals surface area contributed by atoms with Crippen molar-refractivity contribution in [2.75, 3.05) is 6.54 Å². The number of nitrogens with two attached hydrogens (primary N) is 1. The molecule has 2 atom stereocenters. The molecule has 0 radical (unpaired) electrons. The summed E-state index contributed by atoms with van der Waals surface area (Å²) < 4.78 is 0.992. The third-order valence-electron chi connectivity index (χ3n) is 3.38. The molecular weight excluding hydrogens is 304 g/mol. The van der Waals surface area contributed by atoms with Crippen LogP contribution in [0, 0.1) is 6.92 Å². The fourth-order valence-electron chi connectivity index (χ4n) is 2.20. The summed E-state index contributed by atoms with van der Waals surface area (Å²) in [5.41, 5.74) is 8.72. The van der Waals surface area contributed by atoms with Crippen LogP contribution in [0.25, 0.3) is 0 Å². The molecule has 0 saturated carbocycles. The van der Waals surface area contributed by atoms with Gasteiger partial charge in [-0.15, -0.1) is 0 Å². The summed E-state index contributed by atoms with van der Waals surface area (Å²) in [6.45, 7) is 2.36. The van der Waals surface area contributed by atoms with Crippen molar-refractivity contribution in [2.45, 2.75) is 18.9 Å². The van der Waals surface area contributed by atoms with E-state index in [2.05, 4.69) is 20.9 Å². The maximum Gasteiger partial charge on any atom is 0.0874 e. The van der Waals surface area contributed by atoms with Crippen LogP contribution in [0.15, 0.2) is 47.2 Å². The Morgan fingerprint density at radius 1 is 1.32 bits per heavy atom. The SMILES string of the molecule is Cc1c(Br)cccc1C(O)C(CN)c1cccnc1. The quantitative estimate of drug-likeness (QED) is 0.910. The van der Waals surface area contributed by atoms with Gasteiger partial charge in [0.2, 0.25) is 0 Å². The minimum absolute atomic E-state index is 0.151. The summed E-state index contributed by atoms with van der Waals surface area (Å²) in [6, 6.07) is 9.63. The molecule has 0 bridgehead atoms. The van der Waals surface area contributed by atoms with Crippen molar-refractivity contribution in [1.29, 1.82) is 0 Å². The fraction of sp³-hybridized carbons (Fsp3) is 0.267. The highest BCUT2D eigenvalue weighted by molar-refractivity contribution is 9.10. The van der Waals surface area contributed by atoms with Crippen LogP contribution in [0.4, 0.5) is 0 Å². The topological polar surface area (TPSA) is 59.1 Å². The molecule has 4 heteroatoms. The Morgan fingerprint density at radius 3 is 2.74 bits per heavy atom. The molecular formula is C15H17BrN2O. The van der Waals surface area contributed by atoms with Gasteiger partial charge in [-0.3, -0.25) is 4.98 Å². The number of hydrogen-bond acceptors (Lipinski definition) is 3. The summed E-state index contributed by atoms with van der Waals surface area (Å²) in [5.74, 6) is -0.151. The summed E-state index contributed by atoms with van der Waals surface area (Å²) in [4.78, 5) is 4.09. The Hall–Kier alpha value is -1.23. The minimum Gasteiger partial charge on any atom is -0.388 e. The fourth-order valence-corrected chi connectivity index (χ4v) is 2.59. The highest BCUT2D eigenvalue weighted by Crippen LogP contribution is 2.33. The van der Waals surface area contributed by atoms with Crippen LogP contribution in [0.1, 0.15) is 28.7 Å². The Bertz CT molecular complexity index is 545. The van der Waals surface area contributed by atoms with Gasteiger partial charge in [-0.05, 0) is 35.7 Å². The molecule has 1 aromatic carbocycles. The molecule has 0 spiro atoms. The average molecular weight is 321 g/mol. The zero-order valence-electron chi connectivity index (χ0n) is 10.8. The van der Waals surface area contributed by atoms with Crippen molar-refractivity contribution in [1.82, 2.24) is 4.98 Å². The van der Waals surface area contributed by atoms with Crippen molar-refractivity contribution in [3.8, 4) is 0 Å². The van der Waals surface area contributed by atoms with Crippen LogP contribution < -0.4 is 5.73 Å². The Labute approximate surface area is 121 Å². The van der Waals surface area contributed by atoms with Gasteiger partial charge in [0.1, 0.15) is 0 Å². The molecule has 0 amide bonds. The van der Waals surface area contributed by atoms with Crippen LogP contribution >= 0.6 is 15.9 Å². The summed E-state index contributed by atoms with van der Waals surface area (Å²) in [5, 5.41) is 10.6. The number of halogens is 1. The molecule has 0 aliphatic heterocycles. The van der Waals surface area contributed by atoms with E-state index in [0.29, 0.717) is 6.54 Å². The van der Waals surface area contributed by atoms with E-state index in [9.17, 15) is 5.11 Å². The van der Waals surface area contributed by atoms with E-state index in [4.69, 9.17) is 5.73 Å². The van der Waals surface area contributed by atoms with Crippen LogP contribution in [-0.2, 0) is 0 Å². The lowest BCUT2D eigenvalue weighted by molar-refractivity contribution is 0.146. The maximum absolute atomic E-state index is 10.6. The van der Waals surface area contributed by atoms with Gasteiger partial charge >= 0.3 is 0 Å². The van der Waals surface area contributed by atoms with E-state index in [1.165, 1.54) is 0 Å². The summed E-state index contributed by atoms with van der Waals surface area (Å²) in [6.07, 6.45) is 2.84. The zero-order chi connectivity index (χ0) is 13.8.